The van der Waals surface area contributed by atoms with E-state index >= 15 is 0 Å². The number of hydrogen-bond donors (Lipinski definition) is 1. The van der Waals surface area contributed by atoms with E-state index in [0.29, 0.717) is 6.04 Å². The van der Waals surface area contributed by atoms with Crippen LogP contribution in [-0.4, -0.2) is 44.7 Å². The SMILES string of the molecule is CC(C)N1CCC(c2ccccc2)(c2nn[nH]n2)CC1. The summed E-state index contributed by atoms with van der Waals surface area (Å²) in [6.45, 7) is 6.65. The van der Waals surface area contributed by atoms with Gasteiger partial charge in [0.1, 0.15) is 0 Å². The van der Waals surface area contributed by atoms with Gasteiger partial charge in [0.25, 0.3) is 0 Å². The third kappa shape index (κ3) is 2.22. The normalized spacial score (nSPS) is 19.4. The summed E-state index contributed by atoms with van der Waals surface area (Å²) in [5.41, 5.74) is 1.20. The standard InChI is InChI=1S/C15H21N5/c1-12(2)20-10-8-15(9-11-20,14-16-18-19-17-14)13-6-4-3-5-7-13/h3-7,12H,8-11H2,1-2H3,(H,16,17,18,19). The molecule has 0 bridgehead atoms. The molecule has 0 aliphatic carbocycles. The fourth-order valence-electron chi connectivity index (χ4n) is 3.19. The molecule has 1 aliphatic heterocycles. The Hall–Kier alpha value is -1.75. The van der Waals surface area contributed by atoms with Gasteiger partial charge >= 0.3 is 0 Å². The summed E-state index contributed by atoms with van der Waals surface area (Å²) < 4.78 is 0. The van der Waals surface area contributed by atoms with Gasteiger partial charge in [0.05, 0.1) is 5.41 Å². The Kier molecular flexibility index (Phi) is 3.53. The van der Waals surface area contributed by atoms with Crippen LogP contribution in [0.2, 0.25) is 0 Å². The van der Waals surface area contributed by atoms with E-state index in [1.807, 2.05) is 0 Å². The molecule has 5 heteroatoms. The molecule has 1 aromatic carbocycles. The number of likely N-dealkylation sites (tertiary alicyclic amines) is 1. The first-order valence-corrected chi connectivity index (χ1v) is 7.26. The second kappa shape index (κ2) is 5.32. The van der Waals surface area contributed by atoms with E-state index in [1.54, 1.807) is 0 Å². The van der Waals surface area contributed by atoms with Crippen LogP contribution in [0, 0.1) is 0 Å². The van der Waals surface area contributed by atoms with Crippen LogP contribution < -0.4 is 0 Å². The number of tetrazole rings is 1. The molecular formula is C15H21N5. The summed E-state index contributed by atoms with van der Waals surface area (Å²) >= 11 is 0. The number of nitrogens with zero attached hydrogens (tertiary/aromatic N) is 4. The van der Waals surface area contributed by atoms with Gasteiger partial charge in [0, 0.05) is 6.04 Å². The highest BCUT2D eigenvalue weighted by Crippen LogP contribution is 2.39. The third-order valence-corrected chi connectivity index (χ3v) is 4.48. The van der Waals surface area contributed by atoms with Crippen LogP contribution in [0.15, 0.2) is 30.3 Å². The maximum atomic E-state index is 4.29. The van der Waals surface area contributed by atoms with E-state index in [2.05, 4.69) is 69.7 Å². The molecule has 1 aliphatic rings. The Morgan fingerprint density at radius 1 is 1.15 bits per heavy atom. The van der Waals surface area contributed by atoms with Gasteiger partial charge in [-0.3, -0.25) is 0 Å². The first kappa shape index (κ1) is 13.2. The van der Waals surface area contributed by atoms with Crippen LogP contribution in [0.1, 0.15) is 38.1 Å². The number of aromatic amines is 1. The van der Waals surface area contributed by atoms with Gasteiger partial charge < -0.3 is 4.90 Å². The molecule has 0 radical (unpaired) electrons. The largest absolute Gasteiger partial charge is 0.301 e. The van der Waals surface area contributed by atoms with Crippen LogP contribution in [0.5, 0.6) is 0 Å². The Balaban J connectivity index is 1.95. The molecule has 2 heterocycles. The zero-order valence-corrected chi connectivity index (χ0v) is 12.1. The molecule has 0 saturated carbocycles. The van der Waals surface area contributed by atoms with E-state index in [4.69, 9.17) is 0 Å². The second-order valence-electron chi connectivity index (χ2n) is 5.81. The molecule has 106 valence electrons. The predicted octanol–water partition coefficient (Wildman–Crippen LogP) is 1.99. The number of nitrogens with one attached hydrogen (secondary N) is 1. The van der Waals surface area contributed by atoms with Gasteiger partial charge in [0.2, 0.25) is 0 Å². The Morgan fingerprint density at radius 3 is 2.40 bits per heavy atom. The molecule has 3 rings (SSSR count). The third-order valence-electron chi connectivity index (χ3n) is 4.48. The first-order chi connectivity index (χ1) is 9.72. The fraction of sp³-hybridized carbons (Fsp3) is 0.533. The number of hydrogen-bond acceptors (Lipinski definition) is 4. The van der Waals surface area contributed by atoms with Crippen molar-refractivity contribution in [2.45, 2.75) is 38.1 Å². The maximum absolute atomic E-state index is 4.29. The lowest BCUT2D eigenvalue weighted by atomic mass is 9.72. The molecule has 2 aromatic rings. The molecule has 0 amide bonds. The lowest BCUT2D eigenvalue weighted by Gasteiger charge is -2.41. The topological polar surface area (TPSA) is 57.7 Å². The monoisotopic (exact) mass is 271 g/mol. The van der Waals surface area contributed by atoms with Gasteiger partial charge in [0.15, 0.2) is 5.82 Å². The highest BCUT2D eigenvalue weighted by Gasteiger charge is 2.41. The first-order valence-electron chi connectivity index (χ1n) is 7.26. The highest BCUT2D eigenvalue weighted by molar-refractivity contribution is 5.33. The summed E-state index contributed by atoms with van der Waals surface area (Å²) in [5.74, 6) is 0.826. The molecule has 0 atom stereocenters. The van der Waals surface area contributed by atoms with E-state index in [1.165, 1.54) is 5.56 Å². The molecule has 20 heavy (non-hydrogen) atoms. The smallest absolute Gasteiger partial charge is 0.185 e. The van der Waals surface area contributed by atoms with Crippen molar-refractivity contribution < 1.29 is 0 Å². The minimum absolute atomic E-state index is 0.0976. The number of aromatic nitrogens is 4. The molecule has 1 aromatic heterocycles. The average Bonchev–Trinajstić information content (AvgIpc) is 3.03. The summed E-state index contributed by atoms with van der Waals surface area (Å²) in [6.07, 6.45) is 2.07. The van der Waals surface area contributed by atoms with Crippen molar-refractivity contribution in [3.05, 3.63) is 41.7 Å². The molecule has 1 N–H and O–H groups in total. The molecule has 5 nitrogen and oxygen atoms in total. The van der Waals surface area contributed by atoms with Gasteiger partial charge in [-0.2, -0.15) is 5.21 Å². The quantitative estimate of drug-likeness (QED) is 0.927. The minimum Gasteiger partial charge on any atom is -0.301 e. The molecule has 0 spiro atoms. The van der Waals surface area contributed by atoms with Crippen molar-refractivity contribution in [3.63, 3.8) is 0 Å². The zero-order valence-electron chi connectivity index (χ0n) is 12.1. The van der Waals surface area contributed by atoms with E-state index in [9.17, 15) is 0 Å². The van der Waals surface area contributed by atoms with Crippen molar-refractivity contribution in [1.29, 1.82) is 0 Å². The maximum Gasteiger partial charge on any atom is 0.185 e. The Morgan fingerprint density at radius 2 is 1.85 bits per heavy atom. The number of benzene rings is 1. The van der Waals surface area contributed by atoms with Gasteiger partial charge in [-0.05, 0) is 45.3 Å². The summed E-state index contributed by atoms with van der Waals surface area (Å²) in [4.78, 5) is 2.52. The summed E-state index contributed by atoms with van der Waals surface area (Å²) in [6, 6.07) is 11.2. The van der Waals surface area contributed by atoms with Gasteiger partial charge in [-0.1, -0.05) is 35.5 Å². The number of H-pyrrole nitrogens is 1. The van der Waals surface area contributed by atoms with Crippen LogP contribution in [0.3, 0.4) is 0 Å². The Labute approximate surface area is 119 Å². The van der Waals surface area contributed by atoms with Crippen LogP contribution >= 0.6 is 0 Å². The van der Waals surface area contributed by atoms with Crippen molar-refractivity contribution in [3.8, 4) is 0 Å². The highest BCUT2D eigenvalue weighted by atomic mass is 15.5. The van der Waals surface area contributed by atoms with Gasteiger partial charge in [-0.15, -0.1) is 10.2 Å². The minimum atomic E-state index is -0.0976. The zero-order chi connectivity index (χ0) is 14.0. The average molecular weight is 271 g/mol. The van der Waals surface area contributed by atoms with Crippen molar-refractivity contribution in [1.82, 2.24) is 25.5 Å². The fourth-order valence-corrected chi connectivity index (χ4v) is 3.19. The number of rotatable bonds is 3. The predicted molar refractivity (Wildman–Crippen MR) is 77.3 cm³/mol. The molecule has 0 unspecified atom stereocenters. The lowest BCUT2D eigenvalue weighted by Crippen LogP contribution is -2.46. The molecular weight excluding hydrogens is 250 g/mol. The number of piperidine rings is 1. The van der Waals surface area contributed by atoms with E-state index in [0.717, 1.165) is 31.8 Å². The Bertz CT molecular complexity index is 527. The van der Waals surface area contributed by atoms with Crippen LogP contribution in [0.25, 0.3) is 0 Å². The van der Waals surface area contributed by atoms with Crippen LogP contribution in [0.4, 0.5) is 0 Å². The van der Waals surface area contributed by atoms with E-state index in [-0.39, 0.29) is 5.41 Å². The van der Waals surface area contributed by atoms with Crippen molar-refractivity contribution in [2.75, 3.05) is 13.1 Å². The van der Waals surface area contributed by atoms with Crippen LogP contribution in [-0.2, 0) is 5.41 Å². The van der Waals surface area contributed by atoms with E-state index < -0.39 is 0 Å². The lowest BCUT2D eigenvalue weighted by molar-refractivity contribution is 0.141. The summed E-state index contributed by atoms with van der Waals surface area (Å²) in [5, 5.41) is 15.0. The summed E-state index contributed by atoms with van der Waals surface area (Å²) in [7, 11) is 0. The molecule has 1 saturated heterocycles. The van der Waals surface area contributed by atoms with Crippen molar-refractivity contribution >= 4 is 0 Å². The molecule has 1 fully saturated rings. The van der Waals surface area contributed by atoms with Gasteiger partial charge in [-0.25, -0.2) is 0 Å². The second-order valence-corrected chi connectivity index (χ2v) is 5.81. The van der Waals surface area contributed by atoms with Crippen molar-refractivity contribution in [2.24, 2.45) is 0 Å².